The fourth-order valence-corrected chi connectivity index (χ4v) is 5.46. The van der Waals surface area contributed by atoms with Crippen molar-refractivity contribution in [3.63, 3.8) is 0 Å². The van der Waals surface area contributed by atoms with Gasteiger partial charge in [-0.25, -0.2) is 17.2 Å². The maximum absolute atomic E-state index is 13.9. The van der Waals surface area contributed by atoms with Gasteiger partial charge in [-0.15, -0.1) is 11.3 Å². The number of hydrogen-bond acceptors (Lipinski definition) is 5. The van der Waals surface area contributed by atoms with Crippen molar-refractivity contribution in [1.29, 1.82) is 0 Å². The highest BCUT2D eigenvalue weighted by Gasteiger charge is 2.41. The fraction of sp³-hybridized carbons (Fsp3) is 0.0500. The van der Waals surface area contributed by atoms with E-state index in [9.17, 15) is 22.0 Å². The Morgan fingerprint density at radius 2 is 1.86 bits per heavy atom. The van der Waals surface area contributed by atoms with Crippen LogP contribution in [0.5, 0.6) is 0 Å². The summed E-state index contributed by atoms with van der Waals surface area (Å²) in [5.74, 6) is -1.75. The molecule has 3 aromatic rings. The number of thiophene rings is 1. The van der Waals surface area contributed by atoms with E-state index in [1.807, 2.05) is 0 Å². The maximum Gasteiger partial charge on any atom is 0.270 e. The van der Waals surface area contributed by atoms with Crippen LogP contribution >= 0.6 is 11.3 Å². The second-order valence-electron chi connectivity index (χ2n) is 6.24. The number of carbonyl (C=O) groups excluding carboxylic acids is 1. The van der Waals surface area contributed by atoms with Crippen LogP contribution < -0.4 is 9.62 Å². The maximum atomic E-state index is 13.9. The van der Waals surface area contributed by atoms with Crippen LogP contribution in [0.4, 0.5) is 20.2 Å². The Bertz CT molecular complexity index is 1240. The van der Waals surface area contributed by atoms with Gasteiger partial charge in [-0.05, 0) is 41.3 Å². The average molecular weight is 432 g/mol. The van der Waals surface area contributed by atoms with Crippen molar-refractivity contribution in [2.24, 2.45) is 0 Å². The van der Waals surface area contributed by atoms with Crippen molar-refractivity contribution in [3.05, 3.63) is 93.2 Å². The third-order valence-electron chi connectivity index (χ3n) is 4.36. The molecule has 148 valence electrons. The minimum absolute atomic E-state index is 0.0386. The molecule has 1 aliphatic heterocycles. The molecule has 1 aliphatic rings. The molecule has 1 aromatic heterocycles. The van der Waals surface area contributed by atoms with Gasteiger partial charge in [0.15, 0.2) is 4.91 Å². The molecule has 0 fully saturated rings. The van der Waals surface area contributed by atoms with E-state index in [0.29, 0.717) is 5.56 Å². The van der Waals surface area contributed by atoms with E-state index in [0.717, 1.165) is 21.8 Å². The minimum Gasteiger partial charge on any atom is -0.358 e. The second kappa shape index (κ2) is 7.41. The molecule has 0 radical (unpaired) electrons. The van der Waals surface area contributed by atoms with Crippen LogP contribution in [0.1, 0.15) is 15.2 Å². The molecule has 0 amide bonds. The molecule has 4 rings (SSSR count). The standard InChI is InChI=1S/C20H14F2N2O3S2/c21-14-5-3-4-13(10-14)12-24-17-8-9-28-20(17)19(25)18(29(24,26)27)11-23-16-7-2-1-6-15(16)22/h1-11,23H,12H2/b18-11-. The highest BCUT2D eigenvalue weighted by molar-refractivity contribution is 7.97. The van der Waals surface area contributed by atoms with Crippen LogP contribution in [-0.2, 0) is 16.6 Å². The van der Waals surface area contributed by atoms with Gasteiger partial charge in [0.05, 0.1) is 17.9 Å². The van der Waals surface area contributed by atoms with E-state index in [2.05, 4.69) is 5.32 Å². The minimum atomic E-state index is -4.25. The molecular formula is C20H14F2N2O3S2. The van der Waals surface area contributed by atoms with Gasteiger partial charge in [0.25, 0.3) is 10.0 Å². The SMILES string of the molecule is O=C1/C(=C/Nc2ccccc2F)S(=O)(=O)N(Cc2cccc(F)c2)c2ccsc21. The fourth-order valence-electron chi connectivity index (χ4n) is 2.98. The Balaban J connectivity index is 1.77. The molecule has 0 saturated heterocycles. The predicted molar refractivity (Wildman–Crippen MR) is 108 cm³/mol. The Hall–Kier alpha value is -3.04. The molecule has 2 heterocycles. The Kier molecular flexibility index (Phi) is 4.93. The number of Topliss-reactive ketones (excluding diaryl/α,β-unsaturated/α-hetero) is 1. The number of rotatable bonds is 4. The smallest absolute Gasteiger partial charge is 0.270 e. The third kappa shape index (κ3) is 3.54. The van der Waals surface area contributed by atoms with Gasteiger partial charge in [-0.3, -0.25) is 9.10 Å². The number of hydrogen-bond donors (Lipinski definition) is 1. The molecule has 1 N–H and O–H groups in total. The van der Waals surface area contributed by atoms with E-state index in [1.165, 1.54) is 42.5 Å². The molecule has 0 unspecified atom stereocenters. The van der Waals surface area contributed by atoms with Gasteiger partial charge in [-0.2, -0.15) is 0 Å². The number of para-hydroxylation sites is 1. The van der Waals surface area contributed by atoms with E-state index in [4.69, 9.17) is 0 Å². The zero-order valence-electron chi connectivity index (χ0n) is 14.8. The summed E-state index contributed by atoms with van der Waals surface area (Å²) in [4.78, 5) is 12.5. The number of nitrogens with zero attached hydrogens (tertiary/aromatic N) is 1. The number of nitrogens with one attached hydrogen (secondary N) is 1. The second-order valence-corrected chi connectivity index (χ2v) is 8.99. The summed E-state index contributed by atoms with van der Waals surface area (Å²) in [6.45, 7) is -0.145. The molecular weight excluding hydrogens is 418 g/mol. The largest absolute Gasteiger partial charge is 0.358 e. The van der Waals surface area contributed by atoms with Crippen LogP contribution in [0.25, 0.3) is 0 Å². The molecule has 0 atom stereocenters. The van der Waals surface area contributed by atoms with Crippen LogP contribution in [0.3, 0.4) is 0 Å². The number of sulfonamides is 1. The quantitative estimate of drug-likeness (QED) is 0.616. The number of carbonyl (C=O) groups is 1. The van der Waals surface area contributed by atoms with Crippen molar-refractivity contribution < 1.29 is 22.0 Å². The van der Waals surface area contributed by atoms with Crippen LogP contribution in [0.15, 0.2) is 71.1 Å². The molecule has 2 aromatic carbocycles. The Morgan fingerprint density at radius 1 is 1.07 bits per heavy atom. The third-order valence-corrected chi connectivity index (χ3v) is 7.03. The normalized spacial score (nSPS) is 16.7. The summed E-state index contributed by atoms with van der Waals surface area (Å²) in [7, 11) is -4.25. The van der Waals surface area contributed by atoms with E-state index in [-0.39, 0.29) is 22.8 Å². The van der Waals surface area contributed by atoms with Crippen molar-refractivity contribution in [2.45, 2.75) is 6.54 Å². The number of ketones is 1. The number of anilines is 2. The number of halogens is 2. The first-order valence-electron chi connectivity index (χ1n) is 8.48. The molecule has 9 heteroatoms. The Morgan fingerprint density at radius 3 is 2.62 bits per heavy atom. The van der Waals surface area contributed by atoms with Crippen LogP contribution in [-0.4, -0.2) is 14.2 Å². The molecule has 29 heavy (non-hydrogen) atoms. The molecule has 0 bridgehead atoms. The van der Waals surface area contributed by atoms with Gasteiger partial charge in [0.1, 0.15) is 16.5 Å². The highest BCUT2D eigenvalue weighted by atomic mass is 32.2. The summed E-state index contributed by atoms with van der Waals surface area (Å²) < 4.78 is 54.9. The summed E-state index contributed by atoms with van der Waals surface area (Å²) >= 11 is 1.11. The summed E-state index contributed by atoms with van der Waals surface area (Å²) in [5.41, 5.74) is 0.713. The zero-order chi connectivity index (χ0) is 20.6. The molecule has 0 spiro atoms. The first kappa shape index (κ1) is 19.3. The monoisotopic (exact) mass is 432 g/mol. The topological polar surface area (TPSA) is 66.5 Å². The van der Waals surface area contributed by atoms with Crippen LogP contribution in [0, 0.1) is 11.6 Å². The summed E-state index contributed by atoms with van der Waals surface area (Å²) in [6.07, 6.45) is 0.997. The summed E-state index contributed by atoms with van der Waals surface area (Å²) in [6, 6.07) is 12.8. The lowest BCUT2D eigenvalue weighted by Crippen LogP contribution is -2.38. The van der Waals surface area contributed by atoms with Crippen LogP contribution in [0.2, 0.25) is 0 Å². The van der Waals surface area contributed by atoms with Crippen molar-refractivity contribution in [2.75, 3.05) is 9.62 Å². The van der Waals surface area contributed by atoms with Gasteiger partial charge >= 0.3 is 0 Å². The molecule has 5 nitrogen and oxygen atoms in total. The van der Waals surface area contributed by atoms with Gasteiger partial charge in [-0.1, -0.05) is 24.3 Å². The lowest BCUT2D eigenvalue weighted by molar-refractivity contribution is 0.104. The molecule has 0 aliphatic carbocycles. The van der Waals surface area contributed by atoms with Gasteiger partial charge < -0.3 is 5.32 Å². The predicted octanol–water partition coefficient (Wildman–Crippen LogP) is 4.51. The number of allylic oxidation sites excluding steroid dienone is 1. The van der Waals surface area contributed by atoms with Crippen molar-refractivity contribution in [1.82, 2.24) is 0 Å². The molecule has 0 saturated carbocycles. The lowest BCUT2D eigenvalue weighted by Gasteiger charge is -2.29. The van der Waals surface area contributed by atoms with Gasteiger partial charge in [0.2, 0.25) is 5.78 Å². The van der Waals surface area contributed by atoms with Crippen molar-refractivity contribution in [3.8, 4) is 0 Å². The van der Waals surface area contributed by atoms with Crippen molar-refractivity contribution >= 4 is 38.5 Å². The average Bonchev–Trinajstić information content (AvgIpc) is 3.16. The van der Waals surface area contributed by atoms with E-state index < -0.39 is 32.3 Å². The van der Waals surface area contributed by atoms with Gasteiger partial charge in [0, 0.05) is 6.20 Å². The zero-order valence-corrected chi connectivity index (χ0v) is 16.4. The van der Waals surface area contributed by atoms with E-state index >= 15 is 0 Å². The Labute approximate surface area is 170 Å². The number of benzene rings is 2. The van der Waals surface area contributed by atoms with E-state index in [1.54, 1.807) is 17.5 Å². The summed E-state index contributed by atoms with van der Waals surface area (Å²) in [5, 5.41) is 4.18. The number of fused-ring (bicyclic) bond motifs is 1. The first-order chi connectivity index (χ1) is 13.9. The lowest BCUT2D eigenvalue weighted by atomic mass is 10.2. The first-order valence-corrected chi connectivity index (χ1v) is 10.8. The highest BCUT2D eigenvalue weighted by Crippen LogP contribution is 2.39.